The average Bonchev–Trinajstić information content (AvgIpc) is 2.38. The van der Waals surface area contributed by atoms with Crippen molar-refractivity contribution in [1.82, 2.24) is 15.2 Å². The van der Waals surface area contributed by atoms with Gasteiger partial charge >= 0.3 is 0 Å². The van der Waals surface area contributed by atoms with Crippen LogP contribution in [-0.4, -0.2) is 35.1 Å². The first-order valence-electron chi connectivity index (χ1n) is 7.75. The minimum atomic E-state index is 0.296. The Bertz CT molecular complexity index is 408. The largest absolute Gasteiger partial charge is 0.311 e. The molecule has 0 aliphatic carbocycles. The summed E-state index contributed by atoms with van der Waals surface area (Å²) in [6.07, 6.45) is 1.89. The zero-order valence-corrected chi connectivity index (χ0v) is 13.6. The third-order valence-electron chi connectivity index (χ3n) is 4.37. The maximum Gasteiger partial charge on any atom is 0.0544 e. The summed E-state index contributed by atoms with van der Waals surface area (Å²) in [6.45, 7) is 14.7. The second-order valence-corrected chi connectivity index (χ2v) is 7.39. The van der Waals surface area contributed by atoms with Gasteiger partial charge in [0.2, 0.25) is 0 Å². The maximum atomic E-state index is 4.49. The van der Waals surface area contributed by atoms with E-state index in [1.807, 2.05) is 12.3 Å². The number of aromatic nitrogens is 1. The van der Waals surface area contributed by atoms with Gasteiger partial charge in [-0.25, -0.2) is 0 Å². The normalized spacial score (nSPS) is 25.1. The quantitative estimate of drug-likeness (QED) is 0.919. The van der Waals surface area contributed by atoms with Crippen molar-refractivity contribution >= 4 is 0 Å². The Morgan fingerprint density at radius 3 is 2.65 bits per heavy atom. The van der Waals surface area contributed by atoms with Crippen molar-refractivity contribution < 1.29 is 0 Å². The molecule has 1 aliphatic rings. The van der Waals surface area contributed by atoms with Crippen molar-refractivity contribution in [2.45, 2.75) is 53.2 Å². The summed E-state index contributed by atoms with van der Waals surface area (Å²) in [7, 11) is 0. The molecule has 0 saturated carbocycles. The average molecular weight is 275 g/mol. The summed E-state index contributed by atoms with van der Waals surface area (Å²) in [4.78, 5) is 7.10. The van der Waals surface area contributed by atoms with Crippen molar-refractivity contribution in [3.63, 3.8) is 0 Å². The molecule has 1 fully saturated rings. The third-order valence-corrected chi connectivity index (χ3v) is 4.37. The highest BCUT2D eigenvalue weighted by molar-refractivity contribution is 5.05. The van der Waals surface area contributed by atoms with Gasteiger partial charge in [-0.05, 0) is 23.5 Å². The highest BCUT2D eigenvalue weighted by atomic mass is 15.2. The van der Waals surface area contributed by atoms with E-state index in [1.54, 1.807) is 0 Å². The summed E-state index contributed by atoms with van der Waals surface area (Å²) >= 11 is 0. The van der Waals surface area contributed by atoms with Gasteiger partial charge in [0.15, 0.2) is 0 Å². The molecule has 1 saturated heterocycles. The second kappa shape index (κ2) is 6.23. The Kier molecular flexibility index (Phi) is 4.82. The van der Waals surface area contributed by atoms with E-state index in [1.165, 1.54) is 5.69 Å². The number of hydrogen-bond acceptors (Lipinski definition) is 3. The summed E-state index contributed by atoms with van der Waals surface area (Å²) in [5, 5.41) is 3.74. The fourth-order valence-corrected chi connectivity index (χ4v) is 2.95. The van der Waals surface area contributed by atoms with E-state index in [2.05, 4.69) is 62.0 Å². The van der Waals surface area contributed by atoms with Gasteiger partial charge in [-0.3, -0.25) is 9.88 Å². The molecule has 20 heavy (non-hydrogen) atoms. The minimum Gasteiger partial charge on any atom is -0.311 e. The van der Waals surface area contributed by atoms with Crippen molar-refractivity contribution in [3.05, 3.63) is 30.1 Å². The standard InChI is InChI=1S/C17H29N3/c1-13(2)15-10-19-16(17(3,4)5)12-20(15)11-14-8-6-7-9-18-14/h6-9,13,15-16,19H,10-12H2,1-5H3. The second-order valence-electron chi connectivity index (χ2n) is 7.39. The summed E-state index contributed by atoms with van der Waals surface area (Å²) < 4.78 is 0. The van der Waals surface area contributed by atoms with E-state index in [-0.39, 0.29) is 0 Å². The first-order chi connectivity index (χ1) is 9.38. The topological polar surface area (TPSA) is 28.2 Å². The lowest BCUT2D eigenvalue weighted by Crippen LogP contribution is -2.61. The monoisotopic (exact) mass is 275 g/mol. The van der Waals surface area contributed by atoms with E-state index in [0.29, 0.717) is 23.4 Å². The molecule has 2 rings (SSSR count). The van der Waals surface area contributed by atoms with Gasteiger partial charge in [0.05, 0.1) is 5.69 Å². The van der Waals surface area contributed by atoms with E-state index < -0.39 is 0 Å². The molecule has 1 aliphatic heterocycles. The van der Waals surface area contributed by atoms with Crippen molar-refractivity contribution in [2.24, 2.45) is 11.3 Å². The molecule has 1 N–H and O–H groups in total. The van der Waals surface area contributed by atoms with Crippen molar-refractivity contribution in [3.8, 4) is 0 Å². The Morgan fingerprint density at radius 2 is 2.10 bits per heavy atom. The molecule has 1 aromatic heterocycles. The molecular weight excluding hydrogens is 246 g/mol. The van der Waals surface area contributed by atoms with Gasteiger partial charge in [-0.1, -0.05) is 40.7 Å². The molecule has 3 nitrogen and oxygen atoms in total. The van der Waals surface area contributed by atoms with Crippen LogP contribution in [0.1, 0.15) is 40.3 Å². The van der Waals surface area contributed by atoms with Crippen LogP contribution in [0.5, 0.6) is 0 Å². The molecule has 3 heteroatoms. The van der Waals surface area contributed by atoms with Gasteiger partial charge in [0, 0.05) is 37.9 Å². The lowest BCUT2D eigenvalue weighted by molar-refractivity contribution is 0.0563. The van der Waals surface area contributed by atoms with Crippen LogP contribution >= 0.6 is 0 Å². The molecule has 1 aromatic rings. The molecule has 0 bridgehead atoms. The van der Waals surface area contributed by atoms with Gasteiger partial charge in [0.1, 0.15) is 0 Å². The predicted octanol–water partition coefficient (Wildman–Crippen LogP) is 2.93. The van der Waals surface area contributed by atoms with Crippen molar-refractivity contribution in [2.75, 3.05) is 13.1 Å². The number of nitrogens with one attached hydrogen (secondary N) is 1. The predicted molar refractivity (Wildman–Crippen MR) is 84.5 cm³/mol. The summed E-state index contributed by atoms with van der Waals surface area (Å²) in [5.41, 5.74) is 1.47. The van der Waals surface area contributed by atoms with Gasteiger partial charge in [0.25, 0.3) is 0 Å². The lowest BCUT2D eigenvalue weighted by atomic mass is 9.83. The SMILES string of the molecule is CC(C)C1CNC(C(C)(C)C)CN1Cc1ccccn1. The first-order valence-corrected chi connectivity index (χ1v) is 7.75. The third kappa shape index (κ3) is 3.80. The Balaban J connectivity index is 2.11. The maximum absolute atomic E-state index is 4.49. The molecule has 0 radical (unpaired) electrons. The molecule has 2 heterocycles. The fourth-order valence-electron chi connectivity index (χ4n) is 2.95. The smallest absolute Gasteiger partial charge is 0.0544 e. The highest BCUT2D eigenvalue weighted by Gasteiger charge is 2.35. The van der Waals surface area contributed by atoms with Gasteiger partial charge in [-0.15, -0.1) is 0 Å². The number of rotatable bonds is 3. The van der Waals surface area contributed by atoms with Crippen molar-refractivity contribution in [1.29, 1.82) is 0 Å². The van der Waals surface area contributed by atoms with Crippen LogP contribution < -0.4 is 5.32 Å². The lowest BCUT2D eigenvalue weighted by Gasteiger charge is -2.46. The molecule has 0 amide bonds. The minimum absolute atomic E-state index is 0.296. The van der Waals surface area contributed by atoms with E-state index in [9.17, 15) is 0 Å². The summed E-state index contributed by atoms with van der Waals surface area (Å²) in [6, 6.07) is 7.33. The van der Waals surface area contributed by atoms with Gasteiger partial charge in [-0.2, -0.15) is 0 Å². The molecule has 0 spiro atoms. The van der Waals surface area contributed by atoms with Crippen LogP contribution in [0, 0.1) is 11.3 Å². The van der Waals surface area contributed by atoms with Crippen LogP contribution in [0.2, 0.25) is 0 Å². The van der Waals surface area contributed by atoms with E-state index >= 15 is 0 Å². The van der Waals surface area contributed by atoms with E-state index in [4.69, 9.17) is 0 Å². The molecule has 2 unspecified atom stereocenters. The first kappa shape index (κ1) is 15.5. The number of nitrogens with zero attached hydrogens (tertiary/aromatic N) is 2. The molecule has 112 valence electrons. The highest BCUT2D eigenvalue weighted by Crippen LogP contribution is 2.26. The zero-order chi connectivity index (χ0) is 14.8. The van der Waals surface area contributed by atoms with Crippen LogP contribution in [0.3, 0.4) is 0 Å². The van der Waals surface area contributed by atoms with Crippen LogP contribution in [-0.2, 0) is 6.54 Å². The summed E-state index contributed by atoms with van der Waals surface area (Å²) in [5.74, 6) is 0.659. The fraction of sp³-hybridized carbons (Fsp3) is 0.706. The molecule has 0 aromatic carbocycles. The van der Waals surface area contributed by atoms with Crippen LogP contribution in [0.4, 0.5) is 0 Å². The zero-order valence-electron chi connectivity index (χ0n) is 13.6. The molecule has 2 atom stereocenters. The Hall–Kier alpha value is -0.930. The van der Waals surface area contributed by atoms with E-state index in [0.717, 1.165) is 19.6 Å². The van der Waals surface area contributed by atoms with Crippen LogP contribution in [0.15, 0.2) is 24.4 Å². The number of pyridine rings is 1. The molecular formula is C17H29N3. The Labute approximate surface area is 123 Å². The number of hydrogen-bond donors (Lipinski definition) is 1. The van der Waals surface area contributed by atoms with Crippen LogP contribution in [0.25, 0.3) is 0 Å². The van der Waals surface area contributed by atoms with Gasteiger partial charge < -0.3 is 5.32 Å². The number of piperazine rings is 1. The Morgan fingerprint density at radius 1 is 1.35 bits per heavy atom.